The number of nitrogens with one attached hydrogen (secondary N) is 1. The van der Waals surface area contributed by atoms with Crippen LogP contribution in [0.2, 0.25) is 0 Å². The van der Waals surface area contributed by atoms with E-state index in [1.54, 1.807) is 6.33 Å². The summed E-state index contributed by atoms with van der Waals surface area (Å²) in [5.74, 6) is 1.80. The number of anilines is 1. The van der Waals surface area contributed by atoms with Crippen molar-refractivity contribution in [3.63, 3.8) is 0 Å². The summed E-state index contributed by atoms with van der Waals surface area (Å²) in [5.41, 5.74) is 2.60. The molecule has 1 saturated carbocycles. The first kappa shape index (κ1) is 23.5. The van der Waals surface area contributed by atoms with Crippen molar-refractivity contribution < 1.29 is 9.53 Å². The van der Waals surface area contributed by atoms with Gasteiger partial charge in [0, 0.05) is 43.2 Å². The van der Waals surface area contributed by atoms with Gasteiger partial charge in [0.25, 0.3) is 5.91 Å². The molecule has 1 unspecified atom stereocenters. The van der Waals surface area contributed by atoms with Crippen LogP contribution >= 0.6 is 0 Å². The van der Waals surface area contributed by atoms with E-state index in [1.807, 2.05) is 37.3 Å². The number of hydrogen-bond donors (Lipinski definition) is 1. The molecule has 0 spiro atoms. The van der Waals surface area contributed by atoms with Crippen LogP contribution in [0.5, 0.6) is 5.75 Å². The molecule has 5 rings (SSSR count). The topological polar surface area (TPSA) is 70.6 Å². The van der Waals surface area contributed by atoms with Gasteiger partial charge in [-0.25, -0.2) is 9.97 Å². The van der Waals surface area contributed by atoms with Crippen LogP contribution in [0.25, 0.3) is 10.9 Å². The van der Waals surface area contributed by atoms with Gasteiger partial charge in [-0.3, -0.25) is 4.79 Å². The number of fused-ring (bicyclic) bond motifs is 1. The normalized spacial score (nSPS) is 18.1. The van der Waals surface area contributed by atoms with E-state index in [9.17, 15) is 4.79 Å². The first-order chi connectivity index (χ1) is 17.0. The highest BCUT2D eigenvalue weighted by Gasteiger charge is 2.19. The van der Waals surface area contributed by atoms with Crippen molar-refractivity contribution in [1.82, 2.24) is 20.2 Å². The fourth-order valence-electron chi connectivity index (χ4n) is 5.07. The Kier molecular flexibility index (Phi) is 7.13. The standard InChI is InChI=1S/C28H35N5O2/c1-20(17-21-7-10-24(11-8-21)35-23-5-3-4-6-23)31-28(34)22-9-12-25-26(18-22)29-19-30-27(25)33-15-13-32(2)14-16-33/h7-12,18-20,23H,3-6,13-17H2,1-2H3,(H,31,34). The Morgan fingerprint density at radius 2 is 1.80 bits per heavy atom. The van der Waals surface area contributed by atoms with Crippen LogP contribution in [0.15, 0.2) is 48.8 Å². The van der Waals surface area contributed by atoms with Crippen LogP contribution in [0, 0.1) is 0 Å². The molecule has 1 aromatic heterocycles. The van der Waals surface area contributed by atoms with Gasteiger partial charge in [-0.05, 0) is 82.0 Å². The highest BCUT2D eigenvalue weighted by atomic mass is 16.5. The third-order valence-corrected chi connectivity index (χ3v) is 7.13. The molecule has 2 heterocycles. The zero-order chi connectivity index (χ0) is 24.2. The molecular formula is C28H35N5O2. The lowest BCUT2D eigenvalue weighted by molar-refractivity contribution is 0.0940. The zero-order valence-electron chi connectivity index (χ0n) is 20.7. The highest BCUT2D eigenvalue weighted by molar-refractivity contribution is 6.00. The number of benzene rings is 2. The summed E-state index contributed by atoms with van der Waals surface area (Å²) >= 11 is 0. The van der Waals surface area contributed by atoms with E-state index in [4.69, 9.17) is 4.74 Å². The van der Waals surface area contributed by atoms with Gasteiger partial charge < -0.3 is 19.9 Å². The summed E-state index contributed by atoms with van der Waals surface area (Å²) in [6.07, 6.45) is 7.57. The van der Waals surface area contributed by atoms with Crippen LogP contribution < -0.4 is 15.0 Å². The minimum absolute atomic E-state index is 0.00565. The number of aromatic nitrogens is 2. The minimum Gasteiger partial charge on any atom is -0.490 e. The predicted molar refractivity (Wildman–Crippen MR) is 139 cm³/mol. The molecule has 7 nitrogen and oxygen atoms in total. The molecule has 3 aromatic rings. The van der Waals surface area contributed by atoms with E-state index < -0.39 is 0 Å². The predicted octanol–water partition coefficient (Wildman–Crippen LogP) is 4.06. The summed E-state index contributed by atoms with van der Waals surface area (Å²) in [6.45, 7) is 5.95. The van der Waals surface area contributed by atoms with Crippen molar-refractivity contribution in [1.29, 1.82) is 0 Å². The van der Waals surface area contributed by atoms with Crippen molar-refractivity contribution >= 4 is 22.6 Å². The summed E-state index contributed by atoms with van der Waals surface area (Å²) in [6, 6.07) is 14.0. The molecule has 1 N–H and O–H groups in total. The lowest BCUT2D eigenvalue weighted by Crippen LogP contribution is -2.44. The Bertz CT molecular complexity index is 1150. The van der Waals surface area contributed by atoms with Crippen LogP contribution in [0.3, 0.4) is 0 Å². The number of likely N-dealkylation sites (N-methyl/N-ethyl adjacent to an activating group) is 1. The molecule has 184 valence electrons. The maximum absolute atomic E-state index is 13.0. The monoisotopic (exact) mass is 473 g/mol. The van der Waals surface area contributed by atoms with Gasteiger partial charge in [-0.15, -0.1) is 0 Å². The quantitative estimate of drug-likeness (QED) is 0.558. The van der Waals surface area contributed by atoms with Gasteiger partial charge in [0.15, 0.2) is 0 Å². The maximum Gasteiger partial charge on any atom is 0.251 e. The fourth-order valence-corrected chi connectivity index (χ4v) is 5.07. The number of piperazine rings is 1. The summed E-state index contributed by atoms with van der Waals surface area (Å²) in [7, 11) is 2.14. The van der Waals surface area contributed by atoms with Gasteiger partial charge >= 0.3 is 0 Å². The van der Waals surface area contributed by atoms with Crippen molar-refractivity contribution in [3.8, 4) is 5.75 Å². The van der Waals surface area contributed by atoms with Crippen molar-refractivity contribution in [2.24, 2.45) is 0 Å². The van der Waals surface area contributed by atoms with Crippen LogP contribution in [-0.2, 0) is 6.42 Å². The zero-order valence-corrected chi connectivity index (χ0v) is 20.7. The molecule has 1 saturated heterocycles. The number of carbonyl (C=O) groups excluding carboxylic acids is 1. The third-order valence-electron chi connectivity index (χ3n) is 7.13. The number of carbonyl (C=O) groups is 1. The second-order valence-electron chi connectivity index (χ2n) is 9.97. The van der Waals surface area contributed by atoms with Gasteiger partial charge in [-0.2, -0.15) is 0 Å². The number of nitrogens with zero attached hydrogens (tertiary/aromatic N) is 4. The molecule has 1 atom stereocenters. The average Bonchev–Trinajstić information content (AvgIpc) is 3.38. The molecule has 0 bridgehead atoms. The Labute approximate surface area is 207 Å². The Balaban J connectivity index is 1.20. The van der Waals surface area contributed by atoms with Gasteiger partial charge in [0.05, 0.1) is 11.6 Å². The molecule has 1 aliphatic heterocycles. The van der Waals surface area contributed by atoms with E-state index in [-0.39, 0.29) is 11.9 Å². The first-order valence-corrected chi connectivity index (χ1v) is 12.8. The second kappa shape index (κ2) is 10.6. The molecule has 2 fully saturated rings. The summed E-state index contributed by atoms with van der Waals surface area (Å²) in [5, 5.41) is 4.12. The number of hydrogen-bond acceptors (Lipinski definition) is 6. The number of amides is 1. The fraction of sp³-hybridized carbons (Fsp3) is 0.464. The van der Waals surface area contributed by atoms with Crippen molar-refractivity contribution in [2.75, 3.05) is 38.1 Å². The Morgan fingerprint density at radius 1 is 1.06 bits per heavy atom. The SMILES string of the molecule is CC(Cc1ccc(OC2CCCC2)cc1)NC(=O)c1ccc2c(N3CCN(C)CC3)ncnc2c1. The van der Waals surface area contributed by atoms with E-state index in [1.165, 1.54) is 18.4 Å². The second-order valence-corrected chi connectivity index (χ2v) is 9.97. The molecule has 1 amide bonds. The molecule has 35 heavy (non-hydrogen) atoms. The molecule has 1 aliphatic carbocycles. The molecule has 2 aromatic carbocycles. The summed E-state index contributed by atoms with van der Waals surface area (Å²) in [4.78, 5) is 26.6. The van der Waals surface area contributed by atoms with Gasteiger partial charge in [0.2, 0.25) is 0 Å². The van der Waals surface area contributed by atoms with E-state index >= 15 is 0 Å². The largest absolute Gasteiger partial charge is 0.490 e. The maximum atomic E-state index is 13.0. The molecule has 0 radical (unpaired) electrons. The average molecular weight is 474 g/mol. The smallest absolute Gasteiger partial charge is 0.251 e. The Hall–Kier alpha value is -3.19. The third kappa shape index (κ3) is 5.73. The van der Waals surface area contributed by atoms with Crippen molar-refractivity contribution in [3.05, 3.63) is 59.9 Å². The molecule has 2 aliphatic rings. The first-order valence-electron chi connectivity index (χ1n) is 12.8. The van der Waals surface area contributed by atoms with Crippen LogP contribution in [-0.4, -0.2) is 66.1 Å². The Morgan fingerprint density at radius 3 is 2.54 bits per heavy atom. The van der Waals surface area contributed by atoms with Crippen molar-refractivity contribution in [2.45, 2.75) is 51.2 Å². The lowest BCUT2D eigenvalue weighted by atomic mass is 10.1. The molecule has 7 heteroatoms. The van der Waals surface area contributed by atoms with Crippen LogP contribution in [0.4, 0.5) is 5.82 Å². The van der Waals surface area contributed by atoms with Crippen LogP contribution in [0.1, 0.15) is 48.5 Å². The van der Waals surface area contributed by atoms with Gasteiger partial charge in [0.1, 0.15) is 17.9 Å². The number of rotatable bonds is 7. The number of ether oxygens (including phenoxy) is 1. The highest BCUT2D eigenvalue weighted by Crippen LogP contribution is 2.26. The lowest BCUT2D eigenvalue weighted by Gasteiger charge is -2.33. The van der Waals surface area contributed by atoms with E-state index in [0.29, 0.717) is 11.7 Å². The molecular weight excluding hydrogens is 438 g/mol. The minimum atomic E-state index is -0.0830. The van der Waals surface area contributed by atoms with E-state index in [0.717, 1.165) is 67.9 Å². The van der Waals surface area contributed by atoms with Gasteiger partial charge in [-0.1, -0.05) is 12.1 Å². The summed E-state index contributed by atoms with van der Waals surface area (Å²) < 4.78 is 6.06. The van der Waals surface area contributed by atoms with E-state index in [2.05, 4.69) is 44.3 Å².